The summed E-state index contributed by atoms with van der Waals surface area (Å²) in [5.74, 6) is 0.671. The minimum atomic E-state index is 0.243. The fourth-order valence-corrected chi connectivity index (χ4v) is 3.68. The Kier molecular flexibility index (Phi) is 7.42. The molecule has 1 N–H and O–H groups in total. The first-order valence-corrected chi connectivity index (χ1v) is 9.72. The van der Waals surface area contributed by atoms with Crippen LogP contribution in [-0.2, 0) is 0 Å². The van der Waals surface area contributed by atoms with Gasteiger partial charge in [-0.3, -0.25) is 0 Å². The van der Waals surface area contributed by atoms with Gasteiger partial charge in [-0.2, -0.15) is 4.98 Å². The van der Waals surface area contributed by atoms with Crippen LogP contribution in [0.1, 0.15) is 78.1 Å². The first-order valence-electron chi connectivity index (χ1n) is 8.97. The van der Waals surface area contributed by atoms with Crippen molar-refractivity contribution in [2.75, 3.05) is 5.32 Å². The van der Waals surface area contributed by atoms with E-state index >= 15 is 0 Å². The van der Waals surface area contributed by atoms with Gasteiger partial charge in [0, 0.05) is 6.04 Å². The Hall–Kier alpha value is -0.540. The largest absolute Gasteiger partial charge is 0.366 e. The van der Waals surface area contributed by atoms with Gasteiger partial charge in [-0.1, -0.05) is 64.0 Å². The highest BCUT2D eigenvalue weighted by atomic mass is 35.5. The van der Waals surface area contributed by atoms with Crippen molar-refractivity contribution in [3.8, 4) is 0 Å². The molecule has 1 saturated carbocycles. The van der Waals surface area contributed by atoms with E-state index in [4.69, 9.17) is 23.2 Å². The van der Waals surface area contributed by atoms with Crippen LogP contribution >= 0.6 is 23.2 Å². The van der Waals surface area contributed by atoms with Crippen molar-refractivity contribution in [3.05, 3.63) is 16.5 Å². The molecule has 0 spiro atoms. The quantitative estimate of drug-likeness (QED) is 0.626. The molecule has 23 heavy (non-hydrogen) atoms. The van der Waals surface area contributed by atoms with Crippen molar-refractivity contribution in [1.82, 2.24) is 9.97 Å². The average molecular weight is 358 g/mol. The van der Waals surface area contributed by atoms with Crippen molar-refractivity contribution in [1.29, 1.82) is 0 Å². The van der Waals surface area contributed by atoms with Crippen LogP contribution in [0, 0.1) is 5.41 Å². The summed E-state index contributed by atoms with van der Waals surface area (Å²) in [6.45, 7) is 4.76. The van der Waals surface area contributed by atoms with Crippen LogP contribution in [0.25, 0.3) is 0 Å². The number of hydrogen-bond acceptors (Lipinski definition) is 3. The molecule has 3 nitrogen and oxygen atoms in total. The molecule has 0 bridgehead atoms. The normalized spacial score (nSPS) is 27.2. The fourth-order valence-electron chi connectivity index (χ4n) is 3.40. The smallest absolute Gasteiger partial charge is 0.224 e. The topological polar surface area (TPSA) is 37.8 Å². The van der Waals surface area contributed by atoms with E-state index in [1.54, 1.807) is 6.20 Å². The van der Waals surface area contributed by atoms with Gasteiger partial charge in [0.25, 0.3) is 0 Å². The Labute approximate surface area is 150 Å². The number of anilines is 1. The van der Waals surface area contributed by atoms with Crippen LogP contribution in [0.2, 0.25) is 10.3 Å². The standard InChI is InChI=1S/C18H29Cl2N3/c1-3-18(2)11-8-6-4-5-7-9-14(10-12-18)22-16-15(19)13-21-17(20)23-16/h13-14H,3-12H2,1-2H3,(H,21,22,23). The van der Waals surface area contributed by atoms with E-state index in [1.165, 1.54) is 51.4 Å². The summed E-state index contributed by atoms with van der Waals surface area (Å²) >= 11 is 12.1. The summed E-state index contributed by atoms with van der Waals surface area (Å²) in [6, 6.07) is 0.405. The molecule has 0 radical (unpaired) electrons. The second kappa shape index (κ2) is 9.08. The molecule has 5 heteroatoms. The summed E-state index contributed by atoms with van der Waals surface area (Å²) in [5.41, 5.74) is 0.456. The van der Waals surface area contributed by atoms with Crippen molar-refractivity contribution < 1.29 is 0 Å². The van der Waals surface area contributed by atoms with E-state index < -0.39 is 0 Å². The zero-order chi connectivity index (χ0) is 16.7. The molecule has 1 aromatic heterocycles. The molecule has 1 aromatic rings. The molecule has 2 rings (SSSR count). The Morgan fingerprint density at radius 1 is 1.13 bits per heavy atom. The molecule has 0 saturated heterocycles. The minimum Gasteiger partial charge on any atom is -0.366 e. The molecule has 1 aliphatic rings. The predicted octanol–water partition coefficient (Wildman–Crippen LogP) is 6.50. The lowest BCUT2D eigenvalue weighted by molar-refractivity contribution is 0.240. The summed E-state index contributed by atoms with van der Waals surface area (Å²) in [6.07, 6.45) is 14.4. The monoisotopic (exact) mass is 357 g/mol. The van der Waals surface area contributed by atoms with Gasteiger partial charge in [0.05, 0.1) is 6.20 Å². The lowest BCUT2D eigenvalue weighted by Crippen LogP contribution is -2.24. The summed E-state index contributed by atoms with van der Waals surface area (Å²) in [5, 5.41) is 4.31. The van der Waals surface area contributed by atoms with Gasteiger partial charge >= 0.3 is 0 Å². The van der Waals surface area contributed by atoms with E-state index in [0.29, 0.717) is 22.3 Å². The molecule has 0 aliphatic heterocycles. The average Bonchev–Trinajstić information content (AvgIpc) is 2.58. The molecule has 1 aliphatic carbocycles. The number of halogens is 2. The third-order valence-electron chi connectivity index (χ3n) is 5.34. The van der Waals surface area contributed by atoms with Gasteiger partial charge in [-0.05, 0) is 42.7 Å². The molecular formula is C18H29Cl2N3. The molecule has 2 atom stereocenters. The summed E-state index contributed by atoms with van der Waals surface area (Å²) in [7, 11) is 0. The molecular weight excluding hydrogens is 329 g/mol. The van der Waals surface area contributed by atoms with E-state index in [-0.39, 0.29) is 5.28 Å². The predicted molar refractivity (Wildman–Crippen MR) is 99.4 cm³/mol. The first kappa shape index (κ1) is 18.8. The van der Waals surface area contributed by atoms with E-state index in [9.17, 15) is 0 Å². The molecule has 1 heterocycles. The lowest BCUT2D eigenvalue weighted by Gasteiger charge is -2.30. The maximum atomic E-state index is 6.21. The minimum absolute atomic E-state index is 0.243. The Bertz CT molecular complexity index is 495. The van der Waals surface area contributed by atoms with Gasteiger partial charge in [0.15, 0.2) is 0 Å². The maximum Gasteiger partial charge on any atom is 0.224 e. The highest BCUT2D eigenvalue weighted by molar-refractivity contribution is 6.33. The number of rotatable bonds is 3. The zero-order valence-corrected chi connectivity index (χ0v) is 15.9. The Balaban J connectivity index is 2.06. The molecule has 0 amide bonds. The van der Waals surface area contributed by atoms with Crippen LogP contribution in [0.15, 0.2) is 6.20 Å². The summed E-state index contributed by atoms with van der Waals surface area (Å²) < 4.78 is 0. The maximum absolute atomic E-state index is 6.21. The van der Waals surface area contributed by atoms with Gasteiger partial charge in [-0.25, -0.2) is 4.98 Å². The zero-order valence-electron chi connectivity index (χ0n) is 14.4. The van der Waals surface area contributed by atoms with Crippen LogP contribution in [0.4, 0.5) is 5.82 Å². The SMILES string of the molecule is CCC1(C)CCCCCCCC(Nc2nc(Cl)ncc2Cl)CC1. The molecule has 0 aromatic carbocycles. The van der Waals surface area contributed by atoms with Gasteiger partial charge in [0.1, 0.15) is 10.8 Å². The van der Waals surface area contributed by atoms with Gasteiger partial charge in [-0.15, -0.1) is 0 Å². The van der Waals surface area contributed by atoms with Crippen molar-refractivity contribution in [3.63, 3.8) is 0 Å². The van der Waals surface area contributed by atoms with Crippen molar-refractivity contribution in [2.45, 2.75) is 84.1 Å². The number of nitrogens with zero attached hydrogens (tertiary/aromatic N) is 2. The van der Waals surface area contributed by atoms with Crippen molar-refractivity contribution in [2.24, 2.45) is 5.41 Å². The molecule has 2 unspecified atom stereocenters. The first-order chi connectivity index (χ1) is 11.0. The highest BCUT2D eigenvalue weighted by Crippen LogP contribution is 2.36. The second-order valence-corrected chi connectivity index (χ2v) is 7.93. The van der Waals surface area contributed by atoms with Crippen molar-refractivity contribution >= 4 is 29.0 Å². The van der Waals surface area contributed by atoms with Gasteiger partial charge in [0.2, 0.25) is 5.28 Å². The third kappa shape index (κ3) is 6.11. The van der Waals surface area contributed by atoms with E-state index in [1.807, 2.05) is 0 Å². The number of aromatic nitrogens is 2. The van der Waals surface area contributed by atoms with Crippen LogP contribution < -0.4 is 5.32 Å². The fraction of sp³-hybridized carbons (Fsp3) is 0.778. The van der Waals surface area contributed by atoms with Crippen LogP contribution in [-0.4, -0.2) is 16.0 Å². The number of nitrogens with one attached hydrogen (secondary N) is 1. The van der Waals surface area contributed by atoms with Crippen LogP contribution in [0.3, 0.4) is 0 Å². The summed E-state index contributed by atoms with van der Waals surface area (Å²) in [4.78, 5) is 8.17. The number of hydrogen-bond donors (Lipinski definition) is 1. The highest BCUT2D eigenvalue weighted by Gasteiger charge is 2.24. The second-order valence-electron chi connectivity index (χ2n) is 7.19. The van der Waals surface area contributed by atoms with E-state index in [0.717, 1.165) is 12.8 Å². The Morgan fingerprint density at radius 2 is 1.87 bits per heavy atom. The molecule has 1 fully saturated rings. The molecule has 130 valence electrons. The van der Waals surface area contributed by atoms with E-state index in [2.05, 4.69) is 29.1 Å². The lowest BCUT2D eigenvalue weighted by atomic mass is 9.77. The van der Waals surface area contributed by atoms with Gasteiger partial charge < -0.3 is 5.32 Å². The Morgan fingerprint density at radius 3 is 2.65 bits per heavy atom. The third-order valence-corrected chi connectivity index (χ3v) is 5.80. The van der Waals surface area contributed by atoms with Crippen LogP contribution in [0.5, 0.6) is 0 Å².